The van der Waals surface area contributed by atoms with Crippen LogP contribution in [0.2, 0.25) is 0 Å². The number of anilines is 1. The van der Waals surface area contributed by atoms with Crippen molar-refractivity contribution in [2.45, 2.75) is 6.42 Å². The first-order valence-corrected chi connectivity index (χ1v) is 7.74. The van der Waals surface area contributed by atoms with E-state index in [4.69, 9.17) is 12.2 Å². The second-order valence-electron chi connectivity index (χ2n) is 4.45. The van der Waals surface area contributed by atoms with Crippen molar-refractivity contribution in [1.29, 1.82) is 0 Å². The van der Waals surface area contributed by atoms with Crippen LogP contribution in [-0.4, -0.2) is 17.4 Å². The van der Waals surface area contributed by atoms with Gasteiger partial charge in [-0.1, -0.05) is 58.5 Å². The smallest absolute Gasteiger partial charge is 0.283 e. The fraction of sp³-hybridized carbons (Fsp3) is 0.125. The summed E-state index contributed by atoms with van der Waals surface area (Å²) in [5.41, 5.74) is 1.93. The second-order valence-corrected chi connectivity index (χ2v) is 5.78. The molecule has 1 amide bonds. The van der Waals surface area contributed by atoms with Crippen molar-refractivity contribution >= 4 is 44.7 Å². The predicted molar refractivity (Wildman–Crippen MR) is 93.5 cm³/mol. The minimum atomic E-state index is -0.291. The number of thiocarbonyl (C=S) groups is 1. The average Bonchev–Trinajstić information content (AvgIpc) is 2.50. The van der Waals surface area contributed by atoms with Crippen molar-refractivity contribution in [2.24, 2.45) is 0 Å². The summed E-state index contributed by atoms with van der Waals surface area (Å²) in [5.74, 6) is -0.291. The van der Waals surface area contributed by atoms with E-state index in [1.165, 1.54) is 5.56 Å². The molecule has 0 unspecified atom stereocenters. The topological polar surface area (TPSA) is 41.1 Å². The highest BCUT2D eigenvalue weighted by Crippen LogP contribution is 2.13. The van der Waals surface area contributed by atoms with Gasteiger partial charge in [0.25, 0.3) is 5.91 Å². The van der Waals surface area contributed by atoms with Crippen molar-refractivity contribution in [1.82, 2.24) is 5.32 Å². The number of hydrogen-bond donors (Lipinski definition) is 2. The van der Waals surface area contributed by atoms with Gasteiger partial charge in [0, 0.05) is 16.7 Å². The summed E-state index contributed by atoms with van der Waals surface area (Å²) in [6.07, 6.45) is 0.826. The van der Waals surface area contributed by atoms with Gasteiger partial charge in [-0.05, 0) is 36.2 Å². The average molecular weight is 363 g/mol. The Morgan fingerprint density at radius 2 is 1.71 bits per heavy atom. The third kappa shape index (κ3) is 5.28. The van der Waals surface area contributed by atoms with Crippen molar-refractivity contribution < 1.29 is 4.79 Å². The fourth-order valence-corrected chi connectivity index (χ4v) is 2.18. The van der Waals surface area contributed by atoms with E-state index in [1.807, 2.05) is 54.6 Å². The van der Waals surface area contributed by atoms with Crippen molar-refractivity contribution in [3.63, 3.8) is 0 Å². The van der Waals surface area contributed by atoms with E-state index >= 15 is 0 Å². The van der Waals surface area contributed by atoms with Crippen LogP contribution in [0.3, 0.4) is 0 Å². The maximum absolute atomic E-state index is 11.9. The first-order chi connectivity index (χ1) is 10.1. The normalized spacial score (nSPS) is 9.95. The molecule has 0 saturated heterocycles. The molecule has 0 aliphatic carbocycles. The Hall–Kier alpha value is -1.72. The first kappa shape index (κ1) is 15.7. The summed E-state index contributed by atoms with van der Waals surface area (Å²) < 4.78 is 0.962. The van der Waals surface area contributed by atoms with Gasteiger partial charge in [-0.15, -0.1) is 0 Å². The number of rotatable bonds is 4. The number of carbonyl (C=O) groups excluding carboxylic acids is 1. The van der Waals surface area contributed by atoms with Gasteiger partial charge >= 0.3 is 0 Å². The summed E-state index contributed by atoms with van der Waals surface area (Å²) in [7, 11) is 0. The number of benzene rings is 2. The molecule has 3 nitrogen and oxygen atoms in total. The maximum Gasteiger partial charge on any atom is 0.283 e. The van der Waals surface area contributed by atoms with Gasteiger partial charge in [0.15, 0.2) is 4.99 Å². The standard InChI is InChI=1S/C16H15BrN2OS/c17-13-6-8-14(9-7-13)19-15(20)16(21)18-11-10-12-4-2-1-3-5-12/h1-9H,10-11H2,(H,18,21)(H,19,20). The highest BCUT2D eigenvalue weighted by Gasteiger charge is 2.08. The van der Waals surface area contributed by atoms with E-state index in [9.17, 15) is 4.79 Å². The Bertz CT molecular complexity index is 614. The molecule has 0 radical (unpaired) electrons. The summed E-state index contributed by atoms with van der Waals surface area (Å²) in [4.78, 5) is 12.1. The molecule has 0 fully saturated rings. The number of halogens is 1. The monoisotopic (exact) mass is 362 g/mol. The van der Waals surface area contributed by atoms with Gasteiger partial charge in [-0.3, -0.25) is 4.79 Å². The summed E-state index contributed by atoms with van der Waals surface area (Å²) >= 11 is 8.43. The molecule has 2 N–H and O–H groups in total. The highest BCUT2D eigenvalue weighted by atomic mass is 79.9. The van der Waals surface area contributed by atoms with Crippen LogP contribution in [0.25, 0.3) is 0 Å². The third-order valence-electron chi connectivity index (χ3n) is 2.85. The van der Waals surface area contributed by atoms with Crippen LogP contribution in [0.1, 0.15) is 5.56 Å². The van der Waals surface area contributed by atoms with Crippen LogP contribution in [0.15, 0.2) is 59.1 Å². The molecular weight excluding hydrogens is 348 g/mol. The Morgan fingerprint density at radius 3 is 2.38 bits per heavy atom. The number of carbonyl (C=O) groups is 1. The zero-order valence-electron chi connectivity index (χ0n) is 11.3. The lowest BCUT2D eigenvalue weighted by Crippen LogP contribution is -2.34. The molecular formula is C16H15BrN2OS. The Balaban J connectivity index is 1.77. The minimum Gasteiger partial charge on any atom is -0.371 e. The maximum atomic E-state index is 11.9. The Morgan fingerprint density at radius 1 is 1.05 bits per heavy atom. The van der Waals surface area contributed by atoms with Gasteiger partial charge in [0.1, 0.15) is 0 Å². The quantitative estimate of drug-likeness (QED) is 0.817. The van der Waals surface area contributed by atoms with Gasteiger partial charge in [-0.2, -0.15) is 0 Å². The van der Waals surface area contributed by atoms with E-state index in [-0.39, 0.29) is 10.9 Å². The van der Waals surface area contributed by atoms with Gasteiger partial charge in [0.2, 0.25) is 0 Å². The lowest BCUT2D eigenvalue weighted by atomic mass is 10.1. The zero-order valence-corrected chi connectivity index (χ0v) is 13.7. The molecule has 2 aromatic carbocycles. The second kappa shape index (κ2) is 7.90. The lowest BCUT2D eigenvalue weighted by Gasteiger charge is -2.09. The van der Waals surface area contributed by atoms with Gasteiger partial charge in [-0.25, -0.2) is 0 Å². The molecule has 0 spiro atoms. The van der Waals surface area contributed by atoms with Crippen LogP contribution in [0.5, 0.6) is 0 Å². The summed E-state index contributed by atoms with van der Waals surface area (Å²) in [6.45, 7) is 0.636. The number of amides is 1. The Kier molecular flexibility index (Phi) is 5.90. The Labute approximate surface area is 137 Å². The van der Waals surface area contributed by atoms with Crippen LogP contribution < -0.4 is 10.6 Å². The van der Waals surface area contributed by atoms with Crippen molar-refractivity contribution in [3.05, 3.63) is 64.6 Å². The van der Waals surface area contributed by atoms with E-state index in [1.54, 1.807) is 0 Å². The van der Waals surface area contributed by atoms with Gasteiger partial charge in [0.05, 0.1) is 0 Å². The molecule has 5 heteroatoms. The molecule has 0 heterocycles. The molecule has 0 saturated carbocycles. The zero-order chi connectivity index (χ0) is 15.1. The SMILES string of the molecule is O=C(Nc1ccc(Br)cc1)C(=S)NCCc1ccccc1. The molecule has 21 heavy (non-hydrogen) atoms. The summed E-state index contributed by atoms with van der Waals surface area (Å²) in [5, 5.41) is 5.73. The number of hydrogen-bond acceptors (Lipinski definition) is 2. The molecule has 0 aliphatic rings. The molecule has 0 atom stereocenters. The lowest BCUT2D eigenvalue weighted by molar-refractivity contribution is -0.110. The van der Waals surface area contributed by atoms with E-state index in [0.29, 0.717) is 6.54 Å². The van der Waals surface area contributed by atoms with E-state index < -0.39 is 0 Å². The molecule has 0 aromatic heterocycles. The predicted octanol–water partition coefficient (Wildman–Crippen LogP) is 3.55. The largest absolute Gasteiger partial charge is 0.371 e. The highest BCUT2D eigenvalue weighted by molar-refractivity contribution is 9.10. The van der Waals surface area contributed by atoms with Crippen molar-refractivity contribution in [2.75, 3.05) is 11.9 Å². The van der Waals surface area contributed by atoms with E-state index in [2.05, 4.69) is 26.6 Å². The molecule has 2 rings (SSSR count). The van der Waals surface area contributed by atoms with Gasteiger partial charge < -0.3 is 10.6 Å². The van der Waals surface area contributed by atoms with Crippen LogP contribution >= 0.6 is 28.1 Å². The van der Waals surface area contributed by atoms with Crippen LogP contribution in [0, 0.1) is 0 Å². The fourth-order valence-electron chi connectivity index (χ4n) is 1.77. The first-order valence-electron chi connectivity index (χ1n) is 6.54. The molecule has 2 aromatic rings. The molecule has 108 valence electrons. The summed E-state index contributed by atoms with van der Waals surface area (Å²) in [6, 6.07) is 17.4. The minimum absolute atomic E-state index is 0.203. The van der Waals surface area contributed by atoms with Crippen molar-refractivity contribution in [3.8, 4) is 0 Å². The number of nitrogens with one attached hydrogen (secondary N) is 2. The third-order valence-corrected chi connectivity index (χ3v) is 3.71. The van der Waals surface area contributed by atoms with Crippen LogP contribution in [-0.2, 0) is 11.2 Å². The molecule has 0 aliphatic heterocycles. The van der Waals surface area contributed by atoms with Crippen LogP contribution in [0.4, 0.5) is 5.69 Å². The molecule has 0 bridgehead atoms. The van der Waals surface area contributed by atoms with E-state index in [0.717, 1.165) is 16.6 Å².